The van der Waals surface area contributed by atoms with E-state index in [9.17, 15) is 0 Å². The molecule has 0 aliphatic heterocycles. The van der Waals surface area contributed by atoms with E-state index in [0.717, 1.165) is 25.4 Å². The summed E-state index contributed by atoms with van der Waals surface area (Å²) < 4.78 is 5.15. The van der Waals surface area contributed by atoms with Crippen LogP contribution in [0.2, 0.25) is 0 Å². The number of hydrogen-bond donors (Lipinski definition) is 1. The van der Waals surface area contributed by atoms with Crippen LogP contribution in [0, 0.1) is 0 Å². The minimum Gasteiger partial charge on any atom is -0.497 e. The van der Waals surface area contributed by atoms with Crippen LogP contribution in [0.3, 0.4) is 0 Å². The molecule has 0 amide bonds. The number of benzene rings is 1. The van der Waals surface area contributed by atoms with E-state index in [4.69, 9.17) is 4.74 Å². The monoisotopic (exact) mass is 250 g/mol. The second kappa shape index (κ2) is 8.11. The van der Waals surface area contributed by atoms with E-state index >= 15 is 0 Å². The first-order chi connectivity index (χ1) is 8.65. The van der Waals surface area contributed by atoms with Gasteiger partial charge in [-0.2, -0.15) is 0 Å². The number of rotatable bonds is 8. The van der Waals surface area contributed by atoms with Crippen molar-refractivity contribution in [2.24, 2.45) is 0 Å². The molecule has 0 saturated carbocycles. The third-order valence-electron chi connectivity index (χ3n) is 3.21. The normalized spacial score (nSPS) is 12.7. The smallest absolute Gasteiger partial charge is 0.118 e. The highest BCUT2D eigenvalue weighted by molar-refractivity contribution is 5.26. The van der Waals surface area contributed by atoms with Gasteiger partial charge in [0.05, 0.1) is 7.11 Å². The maximum absolute atomic E-state index is 5.15. The molecular formula is C15H26N2O. The van der Waals surface area contributed by atoms with Crippen molar-refractivity contribution in [1.82, 2.24) is 10.2 Å². The van der Waals surface area contributed by atoms with Crippen LogP contribution in [0.25, 0.3) is 0 Å². The number of hydrogen-bond acceptors (Lipinski definition) is 3. The van der Waals surface area contributed by atoms with Gasteiger partial charge in [-0.3, -0.25) is 0 Å². The standard InChI is InChI=1S/C15H26N2O/c1-5-13(2)16-10-11-17(3)12-14-6-8-15(18-4)9-7-14/h6-9,13,16H,5,10-12H2,1-4H3. The first-order valence-electron chi connectivity index (χ1n) is 6.70. The van der Waals surface area contributed by atoms with Crippen molar-refractivity contribution in [3.05, 3.63) is 29.8 Å². The molecule has 1 aromatic rings. The Morgan fingerprint density at radius 3 is 2.50 bits per heavy atom. The molecule has 1 aromatic carbocycles. The highest BCUT2D eigenvalue weighted by atomic mass is 16.5. The average molecular weight is 250 g/mol. The summed E-state index contributed by atoms with van der Waals surface area (Å²) in [7, 11) is 3.85. The molecule has 0 fully saturated rings. The predicted octanol–water partition coefficient (Wildman–Crippen LogP) is 2.52. The molecule has 0 aromatic heterocycles. The topological polar surface area (TPSA) is 24.5 Å². The third-order valence-corrected chi connectivity index (χ3v) is 3.21. The van der Waals surface area contributed by atoms with Crippen LogP contribution in [0.5, 0.6) is 5.75 Å². The van der Waals surface area contributed by atoms with Crippen LogP contribution in [0.15, 0.2) is 24.3 Å². The van der Waals surface area contributed by atoms with Gasteiger partial charge in [-0.05, 0) is 38.1 Å². The van der Waals surface area contributed by atoms with Crippen LogP contribution in [0.1, 0.15) is 25.8 Å². The molecule has 1 N–H and O–H groups in total. The lowest BCUT2D eigenvalue weighted by molar-refractivity contribution is 0.317. The van der Waals surface area contributed by atoms with Gasteiger partial charge in [0.15, 0.2) is 0 Å². The van der Waals surface area contributed by atoms with Crippen LogP contribution >= 0.6 is 0 Å². The Morgan fingerprint density at radius 1 is 1.28 bits per heavy atom. The molecule has 3 nitrogen and oxygen atoms in total. The lowest BCUT2D eigenvalue weighted by atomic mass is 10.2. The van der Waals surface area contributed by atoms with Crippen molar-refractivity contribution < 1.29 is 4.74 Å². The van der Waals surface area contributed by atoms with Crippen molar-refractivity contribution in [3.8, 4) is 5.75 Å². The molecule has 0 spiro atoms. The van der Waals surface area contributed by atoms with Crippen molar-refractivity contribution in [1.29, 1.82) is 0 Å². The number of methoxy groups -OCH3 is 1. The first kappa shape index (κ1) is 15.0. The molecule has 1 unspecified atom stereocenters. The van der Waals surface area contributed by atoms with Crippen molar-refractivity contribution >= 4 is 0 Å². The zero-order chi connectivity index (χ0) is 13.4. The zero-order valence-corrected chi connectivity index (χ0v) is 12.1. The van der Waals surface area contributed by atoms with Gasteiger partial charge in [0, 0.05) is 25.7 Å². The molecular weight excluding hydrogens is 224 g/mol. The van der Waals surface area contributed by atoms with Crippen molar-refractivity contribution in [2.75, 3.05) is 27.2 Å². The quantitative estimate of drug-likeness (QED) is 0.767. The van der Waals surface area contributed by atoms with Crippen LogP contribution in [-0.4, -0.2) is 38.2 Å². The highest BCUT2D eigenvalue weighted by Crippen LogP contribution is 2.12. The minimum atomic E-state index is 0.611. The summed E-state index contributed by atoms with van der Waals surface area (Å²) in [6.07, 6.45) is 1.18. The Morgan fingerprint density at radius 2 is 1.94 bits per heavy atom. The molecule has 1 rings (SSSR count). The summed E-state index contributed by atoms with van der Waals surface area (Å²) in [6, 6.07) is 8.88. The number of ether oxygens (including phenoxy) is 1. The van der Waals surface area contributed by atoms with Gasteiger partial charge >= 0.3 is 0 Å². The first-order valence-corrected chi connectivity index (χ1v) is 6.70. The lowest BCUT2D eigenvalue weighted by Crippen LogP contribution is -2.33. The van der Waals surface area contributed by atoms with Gasteiger partial charge in [0.25, 0.3) is 0 Å². The van der Waals surface area contributed by atoms with Crippen LogP contribution in [-0.2, 0) is 6.54 Å². The summed E-state index contributed by atoms with van der Waals surface area (Å²) in [4.78, 5) is 2.33. The Kier molecular flexibility index (Phi) is 6.76. The SMILES string of the molecule is CCC(C)NCCN(C)Cc1ccc(OC)cc1. The van der Waals surface area contributed by atoms with Gasteiger partial charge in [0.2, 0.25) is 0 Å². The van der Waals surface area contributed by atoms with Crippen molar-refractivity contribution in [3.63, 3.8) is 0 Å². The Bertz CT molecular complexity index is 324. The Balaban J connectivity index is 2.28. The van der Waals surface area contributed by atoms with E-state index in [2.05, 4.69) is 43.2 Å². The van der Waals surface area contributed by atoms with E-state index in [-0.39, 0.29) is 0 Å². The van der Waals surface area contributed by atoms with E-state index < -0.39 is 0 Å². The fraction of sp³-hybridized carbons (Fsp3) is 0.600. The fourth-order valence-corrected chi connectivity index (χ4v) is 1.77. The van der Waals surface area contributed by atoms with Gasteiger partial charge in [-0.1, -0.05) is 19.1 Å². The Hall–Kier alpha value is -1.06. The van der Waals surface area contributed by atoms with E-state index in [1.807, 2.05) is 12.1 Å². The molecule has 18 heavy (non-hydrogen) atoms. The molecule has 102 valence electrons. The van der Waals surface area contributed by atoms with E-state index in [0.29, 0.717) is 6.04 Å². The molecule has 0 aliphatic carbocycles. The number of likely N-dealkylation sites (N-methyl/N-ethyl adjacent to an activating group) is 1. The van der Waals surface area contributed by atoms with Gasteiger partial charge in [-0.25, -0.2) is 0 Å². The van der Waals surface area contributed by atoms with E-state index in [1.54, 1.807) is 7.11 Å². The molecule has 3 heteroatoms. The van der Waals surface area contributed by atoms with Gasteiger partial charge < -0.3 is 15.0 Å². The highest BCUT2D eigenvalue weighted by Gasteiger charge is 2.02. The summed E-state index contributed by atoms with van der Waals surface area (Å²) in [5.41, 5.74) is 1.32. The van der Waals surface area contributed by atoms with Gasteiger partial charge in [-0.15, -0.1) is 0 Å². The molecule has 0 bridgehead atoms. The van der Waals surface area contributed by atoms with E-state index in [1.165, 1.54) is 12.0 Å². The molecule has 1 atom stereocenters. The second-order valence-corrected chi connectivity index (χ2v) is 4.85. The Labute approximate surface area is 111 Å². The summed E-state index contributed by atoms with van der Waals surface area (Å²) in [5, 5.41) is 3.51. The second-order valence-electron chi connectivity index (χ2n) is 4.85. The largest absolute Gasteiger partial charge is 0.497 e. The fourth-order valence-electron chi connectivity index (χ4n) is 1.77. The lowest BCUT2D eigenvalue weighted by Gasteiger charge is -2.19. The van der Waals surface area contributed by atoms with Crippen LogP contribution < -0.4 is 10.1 Å². The maximum atomic E-state index is 5.15. The molecule has 0 saturated heterocycles. The predicted molar refractivity (Wildman–Crippen MR) is 77.1 cm³/mol. The van der Waals surface area contributed by atoms with Crippen LogP contribution in [0.4, 0.5) is 0 Å². The average Bonchev–Trinajstić information content (AvgIpc) is 2.39. The molecule has 0 heterocycles. The maximum Gasteiger partial charge on any atom is 0.118 e. The molecule has 0 radical (unpaired) electrons. The number of nitrogens with zero attached hydrogens (tertiary/aromatic N) is 1. The summed E-state index contributed by atoms with van der Waals surface area (Å²) in [5.74, 6) is 0.917. The summed E-state index contributed by atoms with van der Waals surface area (Å²) >= 11 is 0. The van der Waals surface area contributed by atoms with Crippen molar-refractivity contribution in [2.45, 2.75) is 32.9 Å². The number of nitrogens with one attached hydrogen (secondary N) is 1. The van der Waals surface area contributed by atoms with Gasteiger partial charge in [0.1, 0.15) is 5.75 Å². The summed E-state index contributed by atoms with van der Waals surface area (Å²) in [6.45, 7) is 7.52. The third kappa shape index (κ3) is 5.52. The minimum absolute atomic E-state index is 0.611. The zero-order valence-electron chi connectivity index (χ0n) is 12.1. The molecule has 0 aliphatic rings.